The van der Waals surface area contributed by atoms with E-state index in [4.69, 9.17) is 9.84 Å². The van der Waals surface area contributed by atoms with Crippen molar-refractivity contribution in [3.05, 3.63) is 35.9 Å². The van der Waals surface area contributed by atoms with Crippen LogP contribution in [0.1, 0.15) is 43.7 Å². The predicted molar refractivity (Wildman–Crippen MR) is 88.1 cm³/mol. The highest BCUT2D eigenvalue weighted by molar-refractivity contribution is 5.75. The lowest BCUT2D eigenvalue weighted by Crippen LogP contribution is -2.59. The maximum Gasteiger partial charge on any atom is 0.318 e. The number of nitrogens with zero attached hydrogens (tertiary/aromatic N) is 1. The number of nitrogens with one attached hydrogen (secondary N) is 1. The fraction of sp³-hybridized carbons (Fsp3) is 0.611. The summed E-state index contributed by atoms with van der Waals surface area (Å²) in [6, 6.07) is 9.89. The van der Waals surface area contributed by atoms with Gasteiger partial charge >= 0.3 is 6.03 Å². The van der Waals surface area contributed by atoms with Crippen LogP contribution in [0.3, 0.4) is 0 Å². The van der Waals surface area contributed by atoms with Gasteiger partial charge in [-0.25, -0.2) is 4.79 Å². The van der Waals surface area contributed by atoms with Crippen molar-refractivity contribution < 1.29 is 14.6 Å². The Labute approximate surface area is 137 Å². The smallest absolute Gasteiger partial charge is 0.318 e. The minimum Gasteiger partial charge on any atom is -0.396 e. The molecule has 2 amide bonds. The van der Waals surface area contributed by atoms with Crippen molar-refractivity contribution in [2.24, 2.45) is 0 Å². The van der Waals surface area contributed by atoms with Gasteiger partial charge in [-0.15, -0.1) is 0 Å². The summed E-state index contributed by atoms with van der Waals surface area (Å²) in [6.45, 7) is 2.11. The van der Waals surface area contributed by atoms with Gasteiger partial charge in [0.2, 0.25) is 0 Å². The summed E-state index contributed by atoms with van der Waals surface area (Å²) in [5.74, 6) is 0. The van der Waals surface area contributed by atoms with Gasteiger partial charge in [0, 0.05) is 13.2 Å². The zero-order valence-electron chi connectivity index (χ0n) is 13.5. The Morgan fingerprint density at radius 1 is 1.35 bits per heavy atom. The number of morpholine rings is 1. The van der Waals surface area contributed by atoms with Crippen LogP contribution < -0.4 is 5.32 Å². The number of aliphatic hydroxyl groups excluding tert-OH is 1. The van der Waals surface area contributed by atoms with Crippen molar-refractivity contribution in [2.75, 3.05) is 26.3 Å². The number of urea groups is 1. The Morgan fingerprint density at radius 3 is 2.78 bits per heavy atom. The van der Waals surface area contributed by atoms with Gasteiger partial charge in [0.1, 0.15) is 0 Å². The second kappa shape index (κ2) is 7.32. The molecule has 23 heavy (non-hydrogen) atoms. The molecule has 1 saturated heterocycles. The molecule has 2 fully saturated rings. The number of rotatable bonds is 5. The van der Waals surface area contributed by atoms with Crippen molar-refractivity contribution in [3.63, 3.8) is 0 Å². The van der Waals surface area contributed by atoms with Crippen LogP contribution in [0.4, 0.5) is 4.79 Å². The average Bonchev–Trinajstić information content (AvgIpc) is 2.58. The molecule has 1 aromatic carbocycles. The van der Waals surface area contributed by atoms with Crippen LogP contribution in [0.15, 0.2) is 30.3 Å². The van der Waals surface area contributed by atoms with Crippen molar-refractivity contribution in [3.8, 4) is 0 Å². The predicted octanol–water partition coefficient (Wildman–Crippen LogP) is 2.46. The highest BCUT2D eigenvalue weighted by Gasteiger charge is 2.43. The van der Waals surface area contributed by atoms with Gasteiger partial charge in [-0.05, 0) is 37.7 Å². The number of aliphatic hydroxyl groups is 1. The molecule has 0 radical (unpaired) electrons. The first-order chi connectivity index (χ1) is 11.2. The topological polar surface area (TPSA) is 61.8 Å². The first-order valence-corrected chi connectivity index (χ1v) is 8.58. The molecule has 2 N–H and O–H groups in total. The largest absolute Gasteiger partial charge is 0.396 e. The van der Waals surface area contributed by atoms with E-state index in [0.29, 0.717) is 26.1 Å². The van der Waals surface area contributed by atoms with Crippen molar-refractivity contribution in [2.45, 2.75) is 43.7 Å². The molecule has 1 aliphatic heterocycles. The molecule has 1 heterocycles. The van der Waals surface area contributed by atoms with Gasteiger partial charge in [0.15, 0.2) is 0 Å². The summed E-state index contributed by atoms with van der Waals surface area (Å²) in [5, 5.41) is 12.3. The number of carbonyl (C=O) groups excluding carboxylic acids is 1. The molecule has 2 aliphatic rings. The number of carbonyl (C=O) groups is 1. The minimum absolute atomic E-state index is 0.0219. The Bertz CT molecular complexity index is 516. The third-order valence-electron chi connectivity index (χ3n) is 4.95. The lowest BCUT2D eigenvalue weighted by atomic mass is 9.79. The third-order valence-corrected chi connectivity index (χ3v) is 4.95. The molecule has 1 unspecified atom stereocenters. The molecule has 1 saturated carbocycles. The number of ether oxygens (including phenoxy) is 1. The maximum absolute atomic E-state index is 12.7. The van der Waals surface area contributed by atoms with Crippen molar-refractivity contribution in [1.82, 2.24) is 10.2 Å². The zero-order chi connectivity index (χ0) is 16.1. The molecule has 0 bridgehead atoms. The van der Waals surface area contributed by atoms with Gasteiger partial charge < -0.3 is 20.1 Å². The maximum atomic E-state index is 12.7. The van der Waals surface area contributed by atoms with Gasteiger partial charge in [-0.1, -0.05) is 30.3 Å². The summed E-state index contributed by atoms with van der Waals surface area (Å²) >= 11 is 0. The number of hydrogen-bond acceptors (Lipinski definition) is 3. The first-order valence-electron chi connectivity index (χ1n) is 8.58. The molecule has 0 aromatic heterocycles. The number of hydrogen-bond donors (Lipinski definition) is 2. The molecule has 5 heteroatoms. The molecule has 1 aromatic rings. The summed E-state index contributed by atoms with van der Waals surface area (Å²) in [4.78, 5) is 14.6. The fourth-order valence-electron chi connectivity index (χ4n) is 3.44. The molecule has 1 spiro atoms. The highest BCUT2D eigenvalue weighted by Crippen LogP contribution is 2.38. The van der Waals surface area contributed by atoms with E-state index in [-0.39, 0.29) is 24.3 Å². The van der Waals surface area contributed by atoms with E-state index >= 15 is 0 Å². The molecular weight excluding hydrogens is 292 g/mol. The lowest BCUT2D eigenvalue weighted by Gasteiger charge is -2.48. The molecule has 5 nitrogen and oxygen atoms in total. The van der Waals surface area contributed by atoms with Crippen LogP contribution >= 0.6 is 0 Å². The summed E-state index contributed by atoms with van der Waals surface area (Å²) < 4.78 is 5.88. The Hall–Kier alpha value is -1.59. The van der Waals surface area contributed by atoms with Gasteiger partial charge in [0.05, 0.1) is 24.8 Å². The molecule has 1 aliphatic carbocycles. The zero-order valence-corrected chi connectivity index (χ0v) is 13.5. The molecular formula is C18H26N2O3. The van der Waals surface area contributed by atoms with E-state index < -0.39 is 0 Å². The summed E-state index contributed by atoms with van der Waals surface area (Å²) in [5.41, 5.74) is 1.00. The van der Waals surface area contributed by atoms with Crippen LogP contribution in [0.2, 0.25) is 0 Å². The number of amides is 2. The van der Waals surface area contributed by atoms with E-state index in [1.807, 2.05) is 35.2 Å². The first kappa shape index (κ1) is 16.3. The lowest BCUT2D eigenvalue weighted by molar-refractivity contribution is -0.141. The second-order valence-corrected chi connectivity index (χ2v) is 6.59. The summed E-state index contributed by atoms with van der Waals surface area (Å²) in [6.07, 6.45) is 4.72. The normalized spacial score (nSPS) is 20.8. The van der Waals surface area contributed by atoms with Crippen LogP contribution in [-0.2, 0) is 4.74 Å². The fourth-order valence-corrected chi connectivity index (χ4v) is 3.44. The van der Waals surface area contributed by atoms with E-state index in [2.05, 4.69) is 5.32 Å². The molecule has 3 rings (SSSR count). The van der Waals surface area contributed by atoms with Crippen LogP contribution in [0.5, 0.6) is 0 Å². The number of benzene rings is 1. The molecule has 126 valence electrons. The van der Waals surface area contributed by atoms with Gasteiger partial charge in [-0.2, -0.15) is 0 Å². The third kappa shape index (κ3) is 3.85. The SMILES string of the molecule is O=C(NC(CCCO)c1ccccc1)N1CCOC2(CCC2)C1. The minimum atomic E-state index is -0.0804. The quantitative estimate of drug-likeness (QED) is 0.877. The van der Waals surface area contributed by atoms with Crippen LogP contribution in [0.25, 0.3) is 0 Å². The van der Waals surface area contributed by atoms with E-state index in [1.54, 1.807) is 0 Å². The standard InChI is InChI=1S/C18H26N2O3/c21-12-4-8-16(15-6-2-1-3-7-15)19-17(22)20-11-13-23-18(14-20)9-5-10-18/h1-3,6-7,16,21H,4-5,8-14H2,(H,19,22). The molecule has 1 atom stereocenters. The van der Waals surface area contributed by atoms with Crippen molar-refractivity contribution in [1.29, 1.82) is 0 Å². The Kier molecular flexibility index (Phi) is 5.18. The van der Waals surface area contributed by atoms with Crippen molar-refractivity contribution >= 4 is 6.03 Å². The van der Waals surface area contributed by atoms with Gasteiger partial charge in [-0.3, -0.25) is 0 Å². The Balaban J connectivity index is 1.63. The summed E-state index contributed by atoms with van der Waals surface area (Å²) in [7, 11) is 0. The monoisotopic (exact) mass is 318 g/mol. The Morgan fingerprint density at radius 2 is 2.13 bits per heavy atom. The van der Waals surface area contributed by atoms with Gasteiger partial charge in [0.25, 0.3) is 0 Å². The van der Waals surface area contributed by atoms with Crippen LogP contribution in [0, 0.1) is 0 Å². The second-order valence-electron chi connectivity index (χ2n) is 6.59. The highest BCUT2D eigenvalue weighted by atomic mass is 16.5. The average molecular weight is 318 g/mol. The van der Waals surface area contributed by atoms with E-state index in [0.717, 1.165) is 24.8 Å². The van der Waals surface area contributed by atoms with E-state index in [1.165, 1.54) is 6.42 Å². The van der Waals surface area contributed by atoms with Crippen LogP contribution in [-0.4, -0.2) is 47.9 Å². The van der Waals surface area contributed by atoms with E-state index in [9.17, 15) is 4.79 Å².